The molecule has 0 aliphatic heterocycles. The minimum absolute atomic E-state index is 0.799. The van der Waals surface area contributed by atoms with Gasteiger partial charge in [-0.2, -0.15) is 4.58 Å². The molecular formula is C8H16O2. The molecule has 0 aromatic rings. The molecule has 0 heterocycles. The van der Waals surface area contributed by atoms with E-state index in [1.165, 1.54) is 32.0 Å². The lowest BCUT2D eigenvalue weighted by Crippen LogP contribution is -1.96. The Morgan fingerprint density at radius 3 is 2.50 bits per heavy atom. The van der Waals surface area contributed by atoms with E-state index in [9.17, 15) is 5.26 Å². The fourth-order valence-corrected chi connectivity index (χ4v) is 0.879. The molecule has 0 aliphatic rings. The van der Waals surface area contributed by atoms with E-state index < -0.39 is 0 Å². The van der Waals surface area contributed by atoms with E-state index in [4.69, 9.17) is 0 Å². The normalized spacial score (nSPS) is 10.9. The lowest BCUT2D eigenvalue weighted by atomic mass is 10.1. The van der Waals surface area contributed by atoms with Crippen LogP contribution in [0.15, 0.2) is 0 Å². The highest BCUT2D eigenvalue weighted by molar-refractivity contribution is 5.49. The molecule has 0 saturated carbocycles. The largest absolute Gasteiger partial charge is 0.463 e. The topological polar surface area (TPSA) is 34.4 Å². The van der Waals surface area contributed by atoms with Crippen LogP contribution < -0.4 is 5.26 Å². The van der Waals surface area contributed by atoms with Crippen molar-refractivity contribution in [1.29, 1.82) is 0 Å². The first-order valence-corrected chi connectivity index (χ1v) is 4.02. The Kier molecular flexibility index (Phi) is 8.02. The smallest absolute Gasteiger partial charge is 0.318 e. The average molecular weight is 144 g/mol. The number of hydrogen-bond acceptors (Lipinski definition) is 1. The van der Waals surface area contributed by atoms with E-state index in [0.717, 1.165) is 12.8 Å². The Labute approximate surface area is 62.5 Å². The van der Waals surface area contributed by atoms with Gasteiger partial charge in [-0.15, -0.1) is 0 Å². The Bertz CT molecular complexity index is 79.3. The molecule has 0 fully saturated rings. The lowest BCUT2D eigenvalue weighted by Gasteiger charge is -1.92. The fraction of sp³-hybridized carbons (Fsp3) is 0.875. The molecule has 2 nitrogen and oxygen atoms in total. The van der Waals surface area contributed by atoms with Gasteiger partial charge in [-0.3, -0.25) is 0 Å². The van der Waals surface area contributed by atoms with Crippen LogP contribution in [0.5, 0.6) is 0 Å². The molecule has 60 valence electrons. The zero-order valence-corrected chi connectivity index (χ0v) is 6.64. The van der Waals surface area contributed by atoms with Crippen LogP contribution in [0, 0.1) is 0 Å². The summed E-state index contributed by atoms with van der Waals surface area (Å²) in [6.07, 6.45) is 8.28. The van der Waals surface area contributed by atoms with Crippen molar-refractivity contribution in [2.45, 2.75) is 45.4 Å². The van der Waals surface area contributed by atoms with Crippen LogP contribution in [0.2, 0.25) is 0 Å². The van der Waals surface area contributed by atoms with Gasteiger partial charge in [0.25, 0.3) is 0 Å². The maximum absolute atomic E-state index is 9.46. The second kappa shape index (κ2) is 8.47. The second-order valence-electron chi connectivity index (χ2n) is 2.47. The summed E-state index contributed by atoms with van der Waals surface area (Å²) in [6.45, 7) is 2.19. The Morgan fingerprint density at radius 2 is 1.90 bits per heavy atom. The summed E-state index contributed by atoms with van der Waals surface area (Å²) in [5.74, 6) is 0. The van der Waals surface area contributed by atoms with Crippen LogP contribution in [0.1, 0.15) is 45.4 Å². The third-order valence-electron chi connectivity index (χ3n) is 1.49. The quantitative estimate of drug-likeness (QED) is 0.182. The van der Waals surface area contributed by atoms with Crippen LogP contribution in [-0.2, 0) is 4.58 Å². The van der Waals surface area contributed by atoms with Gasteiger partial charge in [0.1, 0.15) is 0 Å². The van der Waals surface area contributed by atoms with Crippen LogP contribution >= 0.6 is 0 Å². The molecule has 0 N–H and O–H groups in total. The van der Waals surface area contributed by atoms with Crippen molar-refractivity contribution < 1.29 is 9.83 Å². The van der Waals surface area contributed by atoms with E-state index in [1.807, 2.05) is 0 Å². The van der Waals surface area contributed by atoms with Crippen LogP contribution in [0.25, 0.3) is 0 Å². The average Bonchev–Trinajstić information content (AvgIpc) is 1.97. The molecule has 0 bridgehead atoms. The third kappa shape index (κ3) is 7.47. The molecule has 0 aromatic carbocycles. The van der Waals surface area contributed by atoms with Gasteiger partial charge < -0.3 is 5.26 Å². The van der Waals surface area contributed by atoms with Crippen molar-refractivity contribution >= 4 is 6.29 Å². The maximum atomic E-state index is 9.46. The van der Waals surface area contributed by atoms with E-state index in [-0.39, 0.29) is 0 Å². The highest BCUT2D eigenvalue weighted by atomic mass is 17.1. The Hall–Kier alpha value is -0.530. The molecular weight excluding hydrogens is 128 g/mol. The molecule has 0 amide bonds. The predicted octanol–water partition coefficient (Wildman–Crippen LogP) is 1.36. The van der Waals surface area contributed by atoms with Gasteiger partial charge in [0.05, 0.1) is 6.42 Å². The predicted molar refractivity (Wildman–Crippen MR) is 39.4 cm³/mol. The summed E-state index contributed by atoms with van der Waals surface area (Å²) in [5, 5.41) is 9.46. The van der Waals surface area contributed by atoms with Crippen molar-refractivity contribution in [3.63, 3.8) is 0 Å². The summed E-state index contributed by atoms with van der Waals surface area (Å²) in [4.78, 5) is 0. The van der Waals surface area contributed by atoms with Gasteiger partial charge >= 0.3 is 6.29 Å². The zero-order valence-electron chi connectivity index (χ0n) is 6.64. The lowest BCUT2D eigenvalue weighted by molar-refractivity contribution is -1.04. The SMILES string of the molecule is CCCCCCCC=[O+][O-]. The summed E-state index contributed by atoms with van der Waals surface area (Å²) in [5.41, 5.74) is 0. The fourth-order valence-electron chi connectivity index (χ4n) is 0.879. The van der Waals surface area contributed by atoms with E-state index in [2.05, 4.69) is 11.5 Å². The minimum Gasteiger partial charge on any atom is -0.463 e. The second-order valence-corrected chi connectivity index (χ2v) is 2.47. The first-order chi connectivity index (χ1) is 4.91. The molecule has 0 aromatic heterocycles. The minimum atomic E-state index is 0.799. The highest BCUT2D eigenvalue weighted by Gasteiger charge is 1.89. The van der Waals surface area contributed by atoms with Gasteiger partial charge in [-0.25, -0.2) is 0 Å². The van der Waals surface area contributed by atoms with Gasteiger partial charge in [0.2, 0.25) is 0 Å². The Balaban J connectivity index is 2.77. The van der Waals surface area contributed by atoms with Gasteiger partial charge in [0, 0.05) is 0 Å². The van der Waals surface area contributed by atoms with Crippen molar-refractivity contribution in [2.75, 3.05) is 0 Å². The van der Waals surface area contributed by atoms with Gasteiger partial charge in [0.15, 0.2) is 0 Å². The van der Waals surface area contributed by atoms with Crippen molar-refractivity contribution in [2.24, 2.45) is 0 Å². The van der Waals surface area contributed by atoms with Crippen LogP contribution in [0.4, 0.5) is 0 Å². The molecule has 10 heavy (non-hydrogen) atoms. The van der Waals surface area contributed by atoms with Gasteiger partial charge in [-0.05, 0) is 6.42 Å². The summed E-state index contributed by atoms with van der Waals surface area (Å²) < 4.78 is 3.57. The number of aldehydes is 1. The molecule has 0 saturated heterocycles. The molecule has 0 radical (unpaired) electrons. The van der Waals surface area contributed by atoms with Crippen molar-refractivity contribution in [3.05, 3.63) is 0 Å². The maximum Gasteiger partial charge on any atom is 0.318 e. The highest BCUT2D eigenvalue weighted by Crippen LogP contribution is 2.02. The number of hydrogen-bond donors (Lipinski definition) is 0. The van der Waals surface area contributed by atoms with Crippen LogP contribution in [-0.4, -0.2) is 6.29 Å². The van der Waals surface area contributed by atoms with E-state index in [0.29, 0.717) is 0 Å². The molecule has 0 atom stereocenters. The van der Waals surface area contributed by atoms with E-state index in [1.54, 1.807) is 0 Å². The first-order valence-electron chi connectivity index (χ1n) is 4.02. The number of rotatable bonds is 6. The van der Waals surface area contributed by atoms with Crippen molar-refractivity contribution in [1.82, 2.24) is 0 Å². The molecule has 0 unspecified atom stereocenters. The molecule has 0 aliphatic carbocycles. The van der Waals surface area contributed by atoms with Gasteiger partial charge in [-0.1, -0.05) is 32.6 Å². The molecule has 2 heteroatoms. The first kappa shape index (κ1) is 9.47. The third-order valence-corrected chi connectivity index (χ3v) is 1.49. The summed E-state index contributed by atoms with van der Waals surface area (Å²) in [7, 11) is 0. The molecule has 0 spiro atoms. The Morgan fingerprint density at radius 1 is 1.20 bits per heavy atom. The van der Waals surface area contributed by atoms with E-state index >= 15 is 0 Å². The monoisotopic (exact) mass is 144 g/mol. The molecule has 0 rings (SSSR count). The number of carbonyl (C=O) groups excluding carboxylic acids is 1. The standard InChI is InChI=1S/C8H16O2/c1-2-3-4-5-6-7-8-10-9/h8H,2-7H2,1H3. The summed E-state index contributed by atoms with van der Waals surface area (Å²) in [6, 6.07) is 0. The van der Waals surface area contributed by atoms with Crippen LogP contribution in [0.3, 0.4) is 0 Å². The van der Waals surface area contributed by atoms with Crippen molar-refractivity contribution in [3.8, 4) is 0 Å². The zero-order chi connectivity index (χ0) is 7.66. The number of unbranched alkanes of at least 4 members (excludes halogenated alkanes) is 5. The summed E-state index contributed by atoms with van der Waals surface area (Å²) >= 11 is 0.